The maximum atomic E-state index is 13.5. The van der Waals surface area contributed by atoms with Gasteiger partial charge in [0.1, 0.15) is 5.82 Å². The summed E-state index contributed by atoms with van der Waals surface area (Å²) in [6, 6.07) is 10.5. The lowest BCUT2D eigenvalue weighted by Gasteiger charge is -2.46. The van der Waals surface area contributed by atoms with Gasteiger partial charge < -0.3 is 5.32 Å². The van der Waals surface area contributed by atoms with Gasteiger partial charge in [0.05, 0.1) is 11.0 Å². The van der Waals surface area contributed by atoms with Crippen LogP contribution in [0.5, 0.6) is 0 Å². The molecule has 4 rings (SSSR count). The van der Waals surface area contributed by atoms with Crippen LogP contribution in [0.2, 0.25) is 0 Å². The first-order chi connectivity index (χ1) is 13.6. The summed E-state index contributed by atoms with van der Waals surface area (Å²) in [5.41, 5.74) is 0.594. The van der Waals surface area contributed by atoms with Gasteiger partial charge in [-0.3, -0.25) is 4.79 Å². The second-order valence-corrected chi connectivity index (χ2v) is 8.66. The van der Waals surface area contributed by atoms with E-state index in [2.05, 4.69) is 10.3 Å². The molecule has 0 saturated heterocycles. The molecule has 0 amide bonds. The van der Waals surface area contributed by atoms with Crippen LogP contribution in [0.4, 0.5) is 19.0 Å². The van der Waals surface area contributed by atoms with Crippen LogP contribution in [0.15, 0.2) is 53.9 Å². The molecular weight excluding hydrogens is 377 g/mol. The molecule has 1 aromatic carbocycles. The van der Waals surface area contributed by atoms with Crippen molar-refractivity contribution in [2.24, 2.45) is 5.41 Å². The first-order valence-corrected chi connectivity index (χ1v) is 9.75. The Labute approximate surface area is 168 Å². The summed E-state index contributed by atoms with van der Waals surface area (Å²) >= 11 is 0. The number of carbonyl (C=O) groups is 1. The highest BCUT2D eigenvalue weighted by atomic mass is 19.4. The van der Waals surface area contributed by atoms with E-state index in [-0.39, 0.29) is 11.2 Å². The van der Waals surface area contributed by atoms with Crippen molar-refractivity contribution in [3.8, 4) is 0 Å². The normalized spacial score (nSPS) is 23.3. The number of fused-ring (bicyclic) bond motifs is 1. The van der Waals surface area contributed by atoms with Crippen LogP contribution in [0, 0.1) is 5.41 Å². The molecule has 2 aliphatic rings. The number of hydrogen-bond acceptors (Lipinski definition) is 3. The molecule has 1 aromatic heterocycles. The Hall–Kier alpha value is -2.63. The topological polar surface area (TPSA) is 42.0 Å². The standard InChI is InChI=1S/C23H23F3N2O/c1-4-22(14-8-6-5-7-9-14)16-10-15(23(24,25)26)13-27-20(16)28-17-11-21(2,3)12-18(29)19(17)22/h5-10,13H,4,11-12H2,1-3H3,(H,27,28)/t22-/m1/s1. The minimum atomic E-state index is -4.51. The average molecular weight is 400 g/mol. The number of rotatable bonds is 2. The molecule has 2 heterocycles. The summed E-state index contributed by atoms with van der Waals surface area (Å²) in [5, 5.41) is 3.20. The summed E-state index contributed by atoms with van der Waals surface area (Å²) in [6.07, 6.45) is -2.18. The first kappa shape index (κ1) is 19.7. The Kier molecular flexibility index (Phi) is 4.37. The van der Waals surface area contributed by atoms with E-state index < -0.39 is 17.2 Å². The maximum absolute atomic E-state index is 13.5. The van der Waals surface area contributed by atoms with E-state index in [1.165, 1.54) is 0 Å². The molecule has 0 saturated carbocycles. The minimum Gasteiger partial charge on any atom is -0.343 e. The third-order valence-electron chi connectivity index (χ3n) is 6.04. The maximum Gasteiger partial charge on any atom is 0.417 e. The first-order valence-electron chi connectivity index (χ1n) is 9.75. The van der Waals surface area contributed by atoms with E-state index in [0.717, 1.165) is 23.5 Å². The van der Waals surface area contributed by atoms with Crippen LogP contribution in [-0.2, 0) is 16.4 Å². The number of hydrogen-bond donors (Lipinski definition) is 1. The van der Waals surface area contributed by atoms with Crippen LogP contribution in [-0.4, -0.2) is 10.8 Å². The second kappa shape index (κ2) is 6.44. The Morgan fingerprint density at radius 3 is 2.45 bits per heavy atom. The number of pyridine rings is 1. The number of carbonyl (C=O) groups excluding carboxylic acids is 1. The van der Waals surface area contributed by atoms with Gasteiger partial charge >= 0.3 is 6.18 Å². The second-order valence-electron chi connectivity index (χ2n) is 8.66. The molecule has 1 atom stereocenters. The van der Waals surface area contributed by atoms with E-state index in [4.69, 9.17) is 0 Å². The van der Waals surface area contributed by atoms with Crippen LogP contribution in [0.25, 0.3) is 0 Å². The molecule has 2 aromatic rings. The van der Waals surface area contributed by atoms with Gasteiger partial charge in [-0.2, -0.15) is 13.2 Å². The van der Waals surface area contributed by atoms with E-state index >= 15 is 0 Å². The fourth-order valence-electron chi connectivity index (χ4n) is 4.84. The van der Waals surface area contributed by atoms with Crippen molar-refractivity contribution in [2.45, 2.75) is 51.6 Å². The van der Waals surface area contributed by atoms with E-state index in [1.807, 2.05) is 51.1 Å². The zero-order valence-electron chi connectivity index (χ0n) is 16.7. The molecule has 0 fully saturated rings. The predicted molar refractivity (Wildman–Crippen MR) is 105 cm³/mol. The number of allylic oxidation sites excluding steroid dienone is 2. The molecular formula is C23H23F3N2O. The number of halogens is 3. The van der Waals surface area contributed by atoms with E-state index in [0.29, 0.717) is 36.2 Å². The summed E-state index contributed by atoms with van der Waals surface area (Å²) in [7, 11) is 0. The highest BCUT2D eigenvalue weighted by Crippen LogP contribution is 2.54. The van der Waals surface area contributed by atoms with E-state index in [9.17, 15) is 18.0 Å². The Bertz CT molecular complexity index is 1010. The number of ketones is 1. The monoisotopic (exact) mass is 400 g/mol. The van der Waals surface area contributed by atoms with E-state index in [1.54, 1.807) is 0 Å². The van der Waals surface area contributed by atoms with Gasteiger partial charge in [0.25, 0.3) is 0 Å². The van der Waals surface area contributed by atoms with Gasteiger partial charge in [0.2, 0.25) is 0 Å². The van der Waals surface area contributed by atoms with Crippen LogP contribution in [0.1, 0.15) is 56.7 Å². The summed E-state index contributed by atoms with van der Waals surface area (Å²) in [4.78, 5) is 17.5. The van der Waals surface area contributed by atoms with Crippen molar-refractivity contribution < 1.29 is 18.0 Å². The van der Waals surface area contributed by atoms with Gasteiger partial charge in [0, 0.05) is 29.5 Å². The largest absolute Gasteiger partial charge is 0.417 e. The highest BCUT2D eigenvalue weighted by molar-refractivity contribution is 6.03. The molecule has 6 heteroatoms. The van der Waals surface area contributed by atoms with Gasteiger partial charge in [-0.15, -0.1) is 0 Å². The lowest BCUT2D eigenvalue weighted by Crippen LogP contribution is -2.44. The smallest absolute Gasteiger partial charge is 0.343 e. The quantitative estimate of drug-likeness (QED) is 0.686. The third-order valence-corrected chi connectivity index (χ3v) is 6.04. The SMILES string of the molecule is CC[C@]1(c2ccccc2)C2=C(CC(C)(C)CC2=O)Nc2ncc(C(F)(F)F)cc21. The fourth-order valence-corrected chi connectivity index (χ4v) is 4.84. The van der Waals surface area contributed by atoms with Crippen molar-refractivity contribution in [1.82, 2.24) is 4.98 Å². The van der Waals surface area contributed by atoms with Crippen molar-refractivity contribution in [3.05, 3.63) is 70.6 Å². The number of Topliss-reactive ketones (excluding diaryl/α,β-unsaturated/α-hetero) is 1. The van der Waals surface area contributed by atoms with Gasteiger partial charge in [0.15, 0.2) is 5.78 Å². The highest BCUT2D eigenvalue weighted by Gasteiger charge is 2.50. The van der Waals surface area contributed by atoms with Crippen LogP contribution >= 0.6 is 0 Å². The Morgan fingerprint density at radius 2 is 1.83 bits per heavy atom. The summed E-state index contributed by atoms with van der Waals surface area (Å²) in [5.74, 6) is 0.380. The van der Waals surface area contributed by atoms with Crippen molar-refractivity contribution in [2.75, 3.05) is 5.32 Å². The number of aromatic nitrogens is 1. The van der Waals surface area contributed by atoms with Crippen LogP contribution < -0.4 is 5.32 Å². The molecule has 1 aliphatic heterocycles. The summed E-state index contributed by atoms with van der Waals surface area (Å²) < 4.78 is 40.5. The van der Waals surface area contributed by atoms with Crippen molar-refractivity contribution >= 4 is 11.6 Å². The zero-order chi connectivity index (χ0) is 21.0. The Morgan fingerprint density at radius 1 is 1.14 bits per heavy atom. The van der Waals surface area contributed by atoms with Crippen LogP contribution in [0.3, 0.4) is 0 Å². The zero-order valence-corrected chi connectivity index (χ0v) is 16.7. The molecule has 29 heavy (non-hydrogen) atoms. The lowest BCUT2D eigenvalue weighted by atomic mass is 9.59. The molecule has 0 radical (unpaired) electrons. The van der Waals surface area contributed by atoms with Crippen molar-refractivity contribution in [1.29, 1.82) is 0 Å². The molecule has 0 bridgehead atoms. The van der Waals surface area contributed by atoms with Gasteiger partial charge in [-0.25, -0.2) is 4.98 Å². The number of nitrogens with zero attached hydrogens (tertiary/aromatic N) is 1. The molecule has 0 spiro atoms. The molecule has 3 nitrogen and oxygen atoms in total. The number of nitrogens with one attached hydrogen (secondary N) is 1. The van der Waals surface area contributed by atoms with Crippen molar-refractivity contribution in [3.63, 3.8) is 0 Å². The molecule has 1 N–H and O–H groups in total. The third kappa shape index (κ3) is 3.05. The molecule has 0 unspecified atom stereocenters. The fraction of sp³-hybridized carbons (Fsp3) is 0.391. The average Bonchev–Trinajstić information content (AvgIpc) is 2.65. The van der Waals surface area contributed by atoms with Gasteiger partial charge in [-0.05, 0) is 29.9 Å². The molecule has 1 aliphatic carbocycles. The van der Waals surface area contributed by atoms with Gasteiger partial charge in [-0.1, -0.05) is 51.1 Å². The predicted octanol–water partition coefficient (Wildman–Crippen LogP) is 5.87. The Balaban J connectivity index is 2.06. The number of benzene rings is 1. The lowest BCUT2D eigenvalue weighted by molar-refractivity contribution is -0.137. The molecule has 152 valence electrons. The summed E-state index contributed by atoms with van der Waals surface area (Å²) in [6.45, 7) is 5.98. The minimum absolute atomic E-state index is 0.0162. The number of anilines is 1. The number of alkyl halides is 3.